The maximum Gasteiger partial charge on any atom is 0.289 e. The Hall–Kier alpha value is -3.23. The van der Waals surface area contributed by atoms with Crippen molar-refractivity contribution >= 4 is 17.2 Å². The first-order valence-corrected chi connectivity index (χ1v) is 10.2. The summed E-state index contributed by atoms with van der Waals surface area (Å²) in [6, 6.07) is 9.94. The van der Waals surface area contributed by atoms with Crippen molar-refractivity contribution in [3.63, 3.8) is 0 Å². The van der Waals surface area contributed by atoms with Gasteiger partial charge in [-0.3, -0.25) is 9.59 Å². The molecule has 0 radical (unpaired) electrons. The number of hydrogen-bond donors (Lipinski definition) is 1. The molecule has 2 heterocycles. The van der Waals surface area contributed by atoms with Gasteiger partial charge < -0.3 is 14.9 Å². The molecule has 0 fully saturated rings. The van der Waals surface area contributed by atoms with Gasteiger partial charge in [-0.05, 0) is 24.0 Å². The monoisotopic (exact) mass is 425 g/mol. The topological polar surface area (TPSA) is 105 Å². The number of aryl methyl sites for hydroxylation is 1. The number of aromatic nitrogens is 2. The van der Waals surface area contributed by atoms with Crippen LogP contribution in [0.25, 0.3) is 5.52 Å². The highest BCUT2D eigenvalue weighted by molar-refractivity contribution is 6.44. The van der Waals surface area contributed by atoms with E-state index in [4.69, 9.17) is 15.4 Å². The van der Waals surface area contributed by atoms with Crippen molar-refractivity contribution in [1.29, 1.82) is 0 Å². The van der Waals surface area contributed by atoms with Crippen LogP contribution in [0.3, 0.4) is 0 Å². The van der Waals surface area contributed by atoms with Crippen LogP contribution >= 0.6 is 0 Å². The molecular formula is C23H27N3O5. The summed E-state index contributed by atoms with van der Waals surface area (Å²) in [5, 5.41) is 0. The number of fused-ring (bicyclic) bond motifs is 1. The smallest absolute Gasteiger partial charge is 0.289 e. The molecule has 0 aliphatic carbocycles. The van der Waals surface area contributed by atoms with Gasteiger partial charge in [0.05, 0.1) is 18.4 Å². The highest BCUT2D eigenvalue weighted by Gasteiger charge is 2.29. The number of amides is 1. The number of carbonyl (C=O) groups is 2. The molecule has 0 aliphatic rings. The summed E-state index contributed by atoms with van der Waals surface area (Å²) in [5.74, 6) is -1.50. The molecule has 0 spiro atoms. The van der Waals surface area contributed by atoms with Gasteiger partial charge in [-0.15, -0.1) is 0 Å². The number of Topliss-reactive ketones (excluding diaryl/α,β-unsaturated/α-hetero) is 1. The SMILES string of the molecule is CCc1cn2c(Cc3ccccc3)c(CC)c(C(=O)C(N)=O)c2c(OCCOOC)n1. The van der Waals surface area contributed by atoms with E-state index in [-0.39, 0.29) is 24.7 Å². The first-order chi connectivity index (χ1) is 15.0. The highest BCUT2D eigenvalue weighted by Crippen LogP contribution is 2.32. The molecule has 0 bridgehead atoms. The second kappa shape index (κ2) is 10.2. The van der Waals surface area contributed by atoms with Crippen molar-refractivity contribution < 1.29 is 24.1 Å². The van der Waals surface area contributed by atoms with Gasteiger partial charge in [0.25, 0.3) is 11.7 Å². The van der Waals surface area contributed by atoms with Gasteiger partial charge in [0, 0.05) is 18.3 Å². The predicted molar refractivity (Wildman–Crippen MR) is 115 cm³/mol. The number of nitrogens with zero attached hydrogens (tertiary/aromatic N) is 2. The minimum Gasteiger partial charge on any atom is -0.474 e. The molecule has 0 atom stereocenters. The van der Waals surface area contributed by atoms with E-state index in [0.717, 1.165) is 22.5 Å². The van der Waals surface area contributed by atoms with Gasteiger partial charge in [-0.1, -0.05) is 44.2 Å². The Bertz CT molecular complexity index is 1080. The average molecular weight is 425 g/mol. The van der Waals surface area contributed by atoms with E-state index in [2.05, 4.69) is 9.87 Å². The minimum atomic E-state index is -1.01. The second-order valence-corrected chi connectivity index (χ2v) is 6.96. The van der Waals surface area contributed by atoms with Gasteiger partial charge in [0.1, 0.15) is 18.7 Å². The molecular weight excluding hydrogens is 398 g/mol. The van der Waals surface area contributed by atoms with Crippen LogP contribution in [0.4, 0.5) is 0 Å². The molecule has 0 saturated heterocycles. The lowest BCUT2D eigenvalue weighted by Gasteiger charge is -2.11. The fourth-order valence-electron chi connectivity index (χ4n) is 3.66. The zero-order valence-electron chi connectivity index (χ0n) is 18.0. The van der Waals surface area contributed by atoms with Crippen LogP contribution in [0.5, 0.6) is 5.88 Å². The van der Waals surface area contributed by atoms with Crippen molar-refractivity contribution in [3.05, 3.63) is 64.6 Å². The zero-order valence-corrected chi connectivity index (χ0v) is 18.0. The summed E-state index contributed by atoms with van der Waals surface area (Å²) >= 11 is 0. The van der Waals surface area contributed by atoms with Crippen LogP contribution in [-0.4, -0.2) is 41.4 Å². The third-order valence-corrected chi connectivity index (χ3v) is 5.05. The lowest BCUT2D eigenvalue weighted by Crippen LogP contribution is -2.24. The van der Waals surface area contributed by atoms with E-state index in [0.29, 0.717) is 24.8 Å². The van der Waals surface area contributed by atoms with E-state index in [9.17, 15) is 9.59 Å². The maximum absolute atomic E-state index is 12.9. The molecule has 1 aromatic carbocycles. The summed E-state index contributed by atoms with van der Waals surface area (Å²) in [4.78, 5) is 38.8. The molecule has 164 valence electrons. The first kappa shape index (κ1) is 22.5. The molecule has 2 aromatic heterocycles. The summed E-state index contributed by atoms with van der Waals surface area (Å²) in [6.45, 7) is 4.28. The van der Waals surface area contributed by atoms with Gasteiger partial charge in [-0.2, -0.15) is 0 Å². The van der Waals surface area contributed by atoms with Crippen molar-refractivity contribution in [3.8, 4) is 5.88 Å². The quantitative estimate of drug-likeness (QED) is 0.166. The Labute approximate surface area is 180 Å². The Morgan fingerprint density at radius 3 is 2.45 bits per heavy atom. The van der Waals surface area contributed by atoms with Gasteiger partial charge in [0.2, 0.25) is 5.88 Å². The van der Waals surface area contributed by atoms with E-state index < -0.39 is 11.7 Å². The largest absolute Gasteiger partial charge is 0.474 e. The van der Waals surface area contributed by atoms with E-state index in [1.165, 1.54) is 7.11 Å². The zero-order chi connectivity index (χ0) is 22.4. The van der Waals surface area contributed by atoms with Gasteiger partial charge in [-0.25, -0.2) is 14.8 Å². The molecule has 1 amide bonds. The number of ether oxygens (including phenoxy) is 1. The van der Waals surface area contributed by atoms with Crippen LogP contribution in [0.15, 0.2) is 36.5 Å². The molecule has 3 rings (SSSR count). The lowest BCUT2D eigenvalue weighted by molar-refractivity contribution is -0.275. The van der Waals surface area contributed by atoms with Crippen LogP contribution in [0, 0.1) is 0 Å². The highest BCUT2D eigenvalue weighted by atomic mass is 17.2. The van der Waals surface area contributed by atoms with Crippen LogP contribution < -0.4 is 10.5 Å². The average Bonchev–Trinajstić information content (AvgIpc) is 3.09. The number of primary amides is 1. The Morgan fingerprint density at radius 2 is 1.84 bits per heavy atom. The number of ketones is 1. The minimum absolute atomic E-state index is 0.161. The van der Waals surface area contributed by atoms with Crippen molar-refractivity contribution in [2.45, 2.75) is 33.1 Å². The standard InChI is InChI=1S/C23H27N3O5/c1-4-16-14-26-18(13-15-9-7-6-8-10-15)17(5-2)19(21(27)22(24)28)20(26)23(25-16)30-11-12-31-29-3/h6-10,14H,4-5,11-13H2,1-3H3,(H2,24,28). The number of rotatable bonds is 11. The molecule has 8 heteroatoms. The van der Waals surface area contributed by atoms with Crippen molar-refractivity contribution in [2.75, 3.05) is 20.3 Å². The molecule has 2 N–H and O–H groups in total. The van der Waals surface area contributed by atoms with Crippen molar-refractivity contribution in [2.24, 2.45) is 5.73 Å². The number of hydrogen-bond acceptors (Lipinski definition) is 6. The van der Waals surface area contributed by atoms with Crippen LogP contribution in [0.2, 0.25) is 0 Å². The molecule has 3 aromatic rings. The Kier molecular flexibility index (Phi) is 7.38. The molecule has 0 saturated carbocycles. The molecule has 8 nitrogen and oxygen atoms in total. The van der Waals surface area contributed by atoms with Crippen molar-refractivity contribution in [1.82, 2.24) is 9.38 Å². The van der Waals surface area contributed by atoms with E-state index in [1.807, 2.05) is 54.8 Å². The Balaban J connectivity index is 2.26. The van der Waals surface area contributed by atoms with Gasteiger partial charge >= 0.3 is 0 Å². The summed E-state index contributed by atoms with van der Waals surface area (Å²) in [7, 11) is 1.41. The summed E-state index contributed by atoms with van der Waals surface area (Å²) < 4.78 is 7.77. The fraction of sp³-hybridized carbons (Fsp3) is 0.348. The normalized spacial score (nSPS) is 11.1. The number of benzene rings is 1. The number of nitrogens with two attached hydrogens (primary N) is 1. The maximum atomic E-state index is 12.9. The molecule has 0 unspecified atom stereocenters. The number of carbonyl (C=O) groups excluding carboxylic acids is 2. The van der Waals surface area contributed by atoms with Gasteiger partial charge in [0.15, 0.2) is 0 Å². The third-order valence-electron chi connectivity index (χ3n) is 5.05. The molecule has 0 aliphatic heterocycles. The van der Waals surface area contributed by atoms with E-state index in [1.54, 1.807) is 0 Å². The molecule has 31 heavy (non-hydrogen) atoms. The van der Waals surface area contributed by atoms with Crippen LogP contribution in [0.1, 0.15) is 46.7 Å². The van der Waals surface area contributed by atoms with Crippen LogP contribution in [-0.2, 0) is 33.8 Å². The Morgan fingerprint density at radius 1 is 1.10 bits per heavy atom. The fourth-order valence-corrected chi connectivity index (χ4v) is 3.66. The summed E-state index contributed by atoms with van der Waals surface area (Å²) in [6.07, 6.45) is 3.69. The summed E-state index contributed by atoms with van der Waals surface area (Å²) in [5.41, 5.74) is 9.64. The van der Waals surface area contributed by atoms with E-state index >= 15 is 0 Å². The second-order valence-electron chi connectivity index (χ2n) is 6.96. The third kappa shape index (κ3) is 4.76. The lowest BCUT2D eigenvalue weighted by atomic mass is 9.99. The first-order valence-electron chi connectivity index (χ1n) is 10.2. The predicted octanol–water partition coefficient (Wildman–Crippen LogP) is 2.67.